The van der Waals surface area contributed by atoms with Gasteiger partial charge in [-0.25, -0.2) is 8.78 Å². The fraction of sp³-hybridized carbons (Fsp3) is 0.250. The van der Waals surface area contributed by atoms with E-state index < -0.39 is 5.82 Å². The second kappa shape index (κ2) is 6.70. The van der Waals surface area contributed by atoms with Crippen molar-refractivity contribution in [1.82, 2.24) is 15.0 Å². The zero-order valence-electron chi connectivity index (χ0n) is 12.9. The molecule has 0 aliphatic rings. The lowest BCUT2D eigenvalue weighted by Crippen LogP contribution is -2.18. The predicted octanol–water partition coefficient (Wildman–Crippen LogP) is 3.39. The molecule has 0 unspecified atom stereocenters. The van der Waals surface area contributed by atoms with Gasteiger partial charge in [0.15, 0.2) is 5.82 Å². The fourth-order valence-corrected chi connectivity index (χ4v) is 2.66. The topological polar surface area (TPSA) is 79.6 Å². The van der Waals surface area contributed by atoms with Crippen molar-refractivity contribution in [1.29, 1.82) is 0 Å². The number of fused-ring (bicyclic) bond motifs is 1. The average Bonchev–Trinajstić information content (AvgIpc) is 2.81. The van der Waals surface area contributed by atoms with Crippen LogP contribution in [0.5, 0.6) is 0 Å². The summed E-state index contributed by atoms with van der Waals surface area (Å²) in [5.41, 5.74) is 6.78. The molecule has 24 heavy (non-hydrogen) atoms. The maximum atomic E-state index is 14.7. The molecule has 8 heteroatoms. The summed E-state index contributed by atoms with van der Waals surface area (Å²) in [6, 6.07) is 6.10. The van der Waals surface area contributed by atoms with Crippen LogP contribution in [-0.2, 0) is 13.0 Å². The van der Waals surface area contributed by atoms with Crippen LogP contribution in [0.4, 0.5) is 14.6 Å². The summed E-state index contributed by atoms with van der Waals surface area (Å²) in [5.74, 6) is -0.624. The van der Waals surface area contributed by atoms with E-state index in [2.05, 4.69) is 20.3 Å². The second-order valence-electron chi connectivity index (χ2n) is 5.61. The molecule has 0 aliphatic heterocycles. The molecule has 0 fully saturated rings. The van der Waals surface area contributed by atoms with Gasteiger partial charge in [0.2, 0.25) is 5.28 Å². The lowest BCUT2D eigenvalue weighted by atomic mass is 10.2. The number of benzene rings is 1. The Morgan fingerprint density at radius 1 is 1.29 bits per heavy atom. The molecule has 1 aromatic carbocycles. The van der Waals surface area contributed by atoms with E-state index in [1.807, 2.05) is 0 Å². The highest BCUT2D eigenvalue weighted by atomic mass is 35.5. The quantitative estimate of drug-likeness (QED) is 0.615. The summed E-state index contributed by atoms with van der Waals surface area (Å²) < 4.78 is 28.4. The van der Waals surface area contributed by atoms with Gasteiger partial charge >= 0.3 is 0 Å². The molecule has 0 bridgehead atoms. The van der Waals surface area contributed by atoms with Gasteiger partial charge in [-0.15, -0.1) is 0 Å². The Labute approximate surface area is 142 Å². The van der Waals surface area contributed by atoms with Gasteiger partial charge in [-0.1, -0.05) is 18.2 Å². The molecule has 0 saturated heterocycles. The summed E-state index contributed by atoms with van der Waals surface area (Å²) in [6.45, 7) is 1.92. The Morgan fingerprint density at radius 2 is 2.04 bits per heavy atom. The van der Waals surface area contributed by atoms with Gasteiger partial charge in [0.1, 0.15) is 17.3 Å². The van der Waals surface area contributed by atoms with E-state index in [-0.39, 0.29) is 40.5 Å². The molecule has 2 aromatic heterocycles. The minimum absolute atomic E-state index is 0.0351. The van der Waals surface area contributed by atoms with E-state index in [0.717, 1.165) is 0 Å². The molecule has 2 heterocycles. The standard InChI is InChI=1S/C16H16ClF2N5/c1-8(20)6-11-13(19)12-14(23-16(17)24-15(12)22-11)21-7-9-4-2-3-5-10(9)18/h2-5,8H,6-7,20H2,1H3,(H2,21,22,23,24)/t8-/m0/s1. The summed E-state index contributed by atoms with van der Waals surface area (Å²) >= 11 is 5.90. The van der Waals surface area contributed by atoms with Crippen LogP contribution < -0.4 is 11.1 Å². The summed E-state index contributed by atoms with van der Waals surface area (Å²) in [7, 11) is 0. The van der Waals surface area contributed by atoms with Crippen LogP contribution in [0, 0.1) is 11.6 Å². The van der Waals surface area contributed by atoms with Gasteiger partial charge in [0.05, 0.1) is 11.1 Å². The normalized spacial score (nSPS) is 12.5. The molecular weight excluding hydrogens is 336 g/mol. The largest absolute Gasteiger partial charge is 0.365 e. The Kier molecular flexibility index (Phi) is 4.64. The smallest absolute Gasteiger partial charge is 0.226 e. The van der Waals surface area contributed by atoms with E-state index in [1.54, 1.807) is 25.1 Å². The molecule has 0 spiro atoms. The highest BCUT2D eigenvalue weighted by Crippen LogP contribution is 2.28. The van der Waals surface area contributed by atoms with E-state index >= 15 is 0 Å². The number of hydrogen-bond donors (Lipinski definition) is 3. The number of H-pyrrole nitrogens is 1. The van der Waals surface area contributed by atoms with Crippen molar-refractivity contribution in [2.24, 2.45) is 5.73 Å². The van der Waals surface area contributed by atoms with Gasteiger partial charge in [0.25, 0.3) is 0 Å². The van der Waals surface area contributed by atoms with Crippen LogP contribution in [-0.4, -0.2) is 21.0 Å². The molecule has 5 nitrogen and oxygen atoms in total. The van der Waals surface area contributed by atoms with Gasteiger partial charge in [-0.2, -0.15) is 9.97 Å². The Hall–Kier alpha value is -2.25. The van der Waals surface area contributed by atoms with Crippen LogP contribution in [0.1, 0.15) is 18.2 Å². The third kappa shape index (κ3) is 3.32. The maximum Gasteiger partial charge on any atom is 0.226 e. The summed E-state index contributed by atoms with van der Waals surface area (Å²) in [5, 5.41) is 3.08. The Morgan fingerprint density at radius 3 is 2.75 bits per heavy atom. The SMILES string of the molecule is C[C@H](N)Cc1[nH]c2nc(Cl)nc(NCc3ccccc3F)c2c1F. The molecule has 0 amide bonds. The first-order valence-electron chi connectivity index (χ1n) is 7.42. The number of rotatable bonds is 5. The van der Waals surface area contributed by atoms with Crippen LogP contribution in [0.2, 0.25) is 5.28 Å². The second-order valence-corrected chi connectivity index (χ2v) is 5.95. The van der Waals surface area contributed by atoms with Crippen molar-refractivity contribution in [3.05, 3.63) is 52.4 Å². The first-order valence-corrected chi connectivity index (χ1v) is 7.80. The molecule has 4 N–H and O–H groups in total. The molecule has 0 saturated carbocycles. The fourth-order valence-electron chi connectivity index (χ4n) is 2.49. The van der Waals surface area contributed by atoms with E-state index in [9.17, 15) is 8.78 Å². The molecule has 1 atom stereocenters. The lowest BCUT2D eigenvalue weighted by molar-refractivity contribution is 0.602. The van der Waals surface area contributed by atoms with Crippen molar-refractivity contribution >= 4 is 28.5 Å². The first kappa shape index (κ1) is 16.6. The first-order chi connectivity index (χ1) is 11.5. The number of nitrogens with two attached hydrogens (primary N) is 1. The predicted molar refractivity (Wildman–Crippen MR) is 89.9 cm³/mol. The van der Waals surface area contributed by atoms with E-state index in [4.69, 9.17) is 17.3 Å². The molecule has 126 valence electrons. The molecule has 0 radical (unpaired) electrons. The lowest BCUT2D eigenvalue weighted by Gasteiger charge is -2.08. The average molecular weight is 352 g/mol. The third-order valence-electron chi connectivity index (χ3n) is 3.57. The zero-order valence-corrected chi connectivity index (χ0v) is 13.7. The number of nitrogens with zero attached hydrogens (tertiary/aromatic N) is 2. The number of hydrogen-bond acceptors (Lipinski definition) is 4. The van der Waals surface area contributed by atoms with Gasteiger partial charge in [-0.3, -0.25) is 0 Å². The third-order valence-corrected chi connectivity index (χ3v) is 3.73. The zero-order chi connectivity index (χ0) is 17.3. The van der Waals surface area contributed by atoms with Crippen molar-refractivity contribution in [3.8, 4) is 0 Å². The highest BCUT2D eigenvalue weighted by molar-refractivity contribution is 6.28. The number of nitrogens with one attached hydrogen (secondary N) is 2. The number of aromatic amines is 1. The monoisotopic (exact) mass is 351 g/mol. The maximum absolute atomic E-state index is 14.7. The van der Waals surface area contributed by atoms with Crippen molar-refractivity contribution in [2.45, 2.75) is 25.9 Å². The van der Waals surface area contributed by atoms with Gasteiger partial charge in [0, 0.05) is 24.6 Å². The van der Waals surface area contributed by atoms with Crippen LogP contribution in [0.3, 0.4) is 0 Å². The molecular formula is C16H16ClF2N5. The Balaban J connectivity index is 1.97. The number of halogens is 3. The number of aromatic nitrogens is 3. The van der Waals surface area contributed by atoms with Crippen molar-refractivity contribution in [3.63, 3.8) is 0 Å². The molecule has 3 rings (SSSR count). The van der Waals surface area contributed by atoms with Crippen molar-refractivity contribution < 1.29 is 8.78 Å². The molecule has 0 aliphatic carbocycles. The van der Waals surface area contributed by atoms with Crippen LogP contribution in [0.25, 0.3) is 11.0 Å². The van der Waals surface area contributed by atoms with Crippen molar-refractivity contribution in [2.75, 3.05) is 5.32 Å². The minimum Gasteiger partial charge on any atom is -0.365 e. The molecule has 3 aromatic rings. The minimum atomic E-state index is -0.477. The van der Waals surface area contributed by atoms with Crippen LogP contribution >= 0.6 is 11.6 Å². The highest BCUT2D eigenvalue weighted by Gasteiger charge is 2.19. The van der Waals surface area contributed by atoms with E-state index in [1.165, 1.54) is 6.07 Å². The number of anilines is 1. The van der Waals surface area contributed by atoms with Gasteiger partial charge in [-0.05, 0) is 24.6 Å². The summed E-state index contributed by atoms with van der Waals surface area (Å²) in [4.78, 5) is 10.9. The Bertz CT molecular complexity index is 878. The van der Waals surface area contributed by atoms with Crippen LogP contribution in [0.15, 0.2) is 24.3 Å². The summed E-state index contributed by atoms with van der Waals surface area (Å²) in [6.07, 6.45) is 0.326. The van der Waals surface area contributed by atoms with Gasteiger partial charge < -0.3 is 16.0 Å². The van der Waals surface area contributed by atoms with E-state index in [0.29, 0.717) is 17.7 Å².